The summed E-state index contributed by atoms with van der Waals surface area (Å²) in [6, 6.07) is 26.7. The van der Waals surface area contributed by atoms with Gasteiger partial charge in [-0.1, -0.05) is 134 Å². The van der Waals surface area contributed by atoms with Gasteiger partial charge in [-0.2, -0.15) is 0 Å². The van der Waals surface area contributed by atoms with Gasteiger partial charge < -0.3 is 48.0 Å². The van der Waals surface area contributed by atoms with E-state index in [1.165, 1.54) is 77.0 Å². The third-order valence-electron chi connectivity index (χ3n) is 15.9. The van der Waals surface area contributed by atoms with Crippen LogP contribution in [0.15, 0.2) is 78.9 Å². The van der Waals surface area contributed by atoms with Crippen LogP contribution in [0.2, 0.25) is 0 Å². The van der Waals surface area contributed by atoms with Gasteiger partial charge in [0.2, 0.25) is 11.8 Å². The Morgan fingerprint density at radius 1 is 0.461 bits per heavy atom. The molecule has 2 aliphatic heterocycles. The van der Waals surface area contributed by atoms with Crippen LogP contribution in [-0.4, -0.2) is 115 Å². The van der Waals surface area contributed by atoms with Gasteiger partial charge in [0, 0.05) is 70.6 Å². The summed E-state index contributed by atoms with van der Waals surface area (Å²) in [7, 11) is 3.37. The van der Waals surface area contributed by atoms with Gasteiger partial charge in [0.05, 0.1) is 57.9 Å². The molecule has 2 amide bonds. The second-order valence-corrected chi connectivity index (χ2v) is 21.0. The molecule has 76 heavy (non-hydrogen) atoms. The van der Waals surface area contributed by atoms with Crippen LogP contribution in [0.25, 0.3) is 0 Å². The van der Waals surface area contributed by atoms with Crippen molar-refractivity contribution in [2.75, 3.05) is 103 Å². The molecule has 0 N–H and O–H groups in total. The smallest absolute Gasteiger partial charge is 0.227 e. The van der Waals surface area contributed by atoms with Crippen LogP contribution in [-0.2, 0) is 9.59 Å². The van der Waals surface area contributed by atoms with Gasteiger partial charge in [-0.25, -0.2) is 0 Å². The molecule has 12 nitrogen and oxygen atoms in total. The predicted octanol–water partition coefficient (Wildman–Crippen LogP) is 13.5. The SMILES string of the molecule is CCCCCCCCCCOc1ccc(C2c3cc(OCCCCCCCCCC)c(OC)cc3C(CC(=O)N3CCN(c4ccccc4OCC)CC3)C2C(=O)N2CCN(c3ccccc3OCC)CC2)cc1OC. The summed E-state index contributed by atoms with van der Waals surface area (Å²) >= 11 is 0. The van der Waals surface area contributed by atoms with Crippen LogP contribution in [0, 0.1) is 5.92 Å². The van der Waals surface area contributed by atoms with Crippen molar-refractivity contribution < 1.29 is 38.0 Å². The molecule has 2 saturated heterocycles. The number of carbonyl (C=O) groups excluding carboxylic acids is 2. The quantitative estimate of drug-likeness (QED) is 0.0439. The van der Waals surface area contributed by atoms with E-state index in [1.807, 2.05) is 66.1 Å². The lowest BCUT2D eigenvalue weighted by molar-refractivity contribution is -0.138. The number of amides is 2. The Bertz CT molecular complexity index is 2380. The first-order valence-corrected chi connectivity index (χ1v) is 29.5. The van der Waals surface area contributed by atoms with E-state index in [0.717, 1.165) is 65.2 Å². The summed E-state index contributed by atoms with van der Waals surface area (Å²) < 4.78 is 37.4. The molecule has 3 atom stereocenters. The molecule has 0 spiro atoms. The van der Waals surface area contributed by atoms with Gasteiger partial charge in [-0.05, 0) is 91.9 Å². The molecule has 0 saturated carbocycles. The van der Waals surface area contributed by atoms with Gasteiger partial charge in [0.1, 0.15) is 11.5 Å². The van der Waals surface area contributed by atoms with Crippen LogP contribution in [0.1, 0.15) is 165 Å². The molecule has 7 rings (SSSR count). The van der Waals surface area contributed by atoms with E-state index in [4.69, 9.17) is 28.4 Å². The first kappa shape index (κ1) is 57.9. The van der Waals surface area contributed by atoms with Crippen LogP contribution in [0.3, 0.4) is 0 Å². The summed E-state index contributed by atoms with van der Waals surface area (Å²) in [4.78, 5) is 39.5. The Balaban J connectivity index is 1.19. The lowest BCUT2D eigenvalue weighted by Gasteiger charge is -2.40. The number of anilines is 2. The monoisotopic (exact) mass is 1040 g/mol. The minimum Gasteiger partial charge on any atom is -0.493 e. The maximum Gasteiger partial charge on any atom is 0.227 e. The number of hydrogen-bond acceptors (Lipinski definition) is 10. The summed E-state index contributed by atoms with van der Waals surface area (Å²) in [5, 5.41) is 0. The summed E-state index contributed by atoms with van der Waals surface area (Å²) in [6.07, 6.45) is 19.6. The molecule has 0 bridgehead atoms. The largest absolute Gasteiger partial charge is 0.493 e. The highest BCUT2D eigenvalue weighted by atomic mass is 16.5. The van der Waals surface area contributed by atoms with Crippen molar-refractivity contribution in [3.63, 3.8) is 0 Å². The number of methoxy groups -OCH3 is 2. The van der Waals surface area contributed by atoms with Crippen molar-refractivity contribution in [1.29, 1.82) is 0 Å². The third-order valence-corrected chi connectivity index (χ3v) is 15.9. The number of fused-ring (bicyclic) bond motifs is 1. The van der Waals surface area contributed by atoms with Crippen LogP contribution in [0.4, 0.5) is 11.4 Å². The molecule has 3 unspecified atom stereocenters. The molecule has 2 fully saturated rings. The minimum atomic E-state index is -0.595. The first-order valence-electron chi connectivity index (χ1n) is 29.5. The number of rotatable bonds is 32. The van der Waals surface area contributed by atoms with Gasteiger partial charge in [0.15, 0.2) is 23.0 Å². The third kappa shape index (κ3) is 15.5. The number of unbranched alkanes of at least 4 members (excludes halogenated alkanes) is 14. The number of benzene rings is 4. The molecule has 416 valence electrons. The number of carbonyl (C=O) groups is 2. The standard InChI is InChI=1S/C64H92N4O8/c1-7-11-13-15-17-19-21-27-43-75-57-34-33-49(45-58(57)71-5)62-51-47-60(76-44-28-22-20-18-16-14-12-8-2)59(72-6)46-50(51)52(48-61(69)67-39-35-65(36-40-67)53-29-23-25-31-55(53)73-9-3)63(62)64(70)68-41-37-66(38-42-68)54-30-24-26-32-56(54)74-10-4/h23-26,29-34,45-47,52,62-63H,7-22,27-28,35-44,48H2,1-6H3. The van der Waals surface area contributed by atoms with Crippen molar-refractivity contribution in [1.82, 2.24) is 9.80 Å². The predicted molar refractivity (Wildman–Crippen MR) is 308 cm³/mol. The Labute approximate surface area is 456 Å². The van der Waals surface area contributed by atoms with Gasteiger partial charge >= 0.3 is 0 Å². The van der Waals surface area contributed by atoms with Crippen LogP contribution < -0.4 is 38.2 Å². The van der Waals surface area contributed by atoms with Crippen LogP contribution in [0.5, 0.6) is 34.5 Å². The van der Waals surface area contributed by atoms with Gasteiger partial charge in [-0.15, -0.1) is 0 Å². The zero-order valence-corrected chi connectivity index (χ0v) is 47.3. The van der Waals surface area contributed by atoms with E-state index < -0.39 is 17.8 Å². The molecule has 4 aromatic rings. The van der Waals surface area contributed by atoms with Crippen molar-refractivity contribution in [2.45, 2.75) is 149 Å². The highest BCUT2D eigenvalue weighted by Crippen LogP contribution is 2.55. The fourth-order valence-corrected chi connectivity index (χ4v) is 11.7. The second kappa shape index (κ2) is 30.8. The lowest BCUT2D eigenvalue weighted by Crippen LogP contribution is -2.52. The molecular weight excluding hydrogens is 953 g/mol. The lowest BCUT2D eigenvalue weighted by atomic mass is 9.79. The van der Waals surface area contributed by atoms with E-state index >= 15 is 4.79 Å². The number of hydrogen-bond donors (Lipinski definition) is 0. The molecule has 0 aromatic heterocycles. The van der Waals surface area contributed by atoms with Crippen molar-refractivity contribution in [3.05, 3.63) is 95.6 Å². The molecular formula is C64H92N4O8. The topological polar surface area (TPSA) is 102 Å². The van der Waals surface area contributed by atoms with Gasteiger partial charge in [0.25, 0.3) is 0 Å². The average Bonchev–Trinajstić information content (AvgIpc) is 3.77. The van der Waals surface area contributed by atoms with Gasteiger partial charge in [-0.3, -0.25) is 9.59 Å². The maximum atomic E-state index is 15.9. The highest BCUT2D eigenvalue weighted by molar-refractivity contribution is 5.87. The maximum absolute atomic E-state index is 15.9. The number of para-hydroxylation sites is 4. The van der Waals surface area contributed by atoms with Crippen molar-refractivity contribution in [2.24, 2.45) is 5.92 Å². The van der Waals surface area contributed by atoms with E-state index in [-0.39, 0.29) is 18.2 Å². The average molecular weight is 1050 g/mol. The zero-order valence-electron chi connectivity index (χ0n) is 47.3. The van der Waals surface area contributed by atoms with E-state index in [1.54, 1.807) is 14.2 Å². The summed E-state index contributed by atoms with van der Waals surface area (Å²) in [5.74, 6) is 2.96. The van der Waals surface area contributed by atoms with E-state index in [9.17, 15) is 4.79 Å². The minimum absolute atomic E-state index is 0.0424. The van der Waals surface area contributed by atoms with E-state index in [0.29, 0.717) is 102 Å². The van der Waals surface area contributed by atoms with E-state index in [2.05, 4.69) is 60.0 Å². The Morgan fingerprint density at radius 2 is 0.921 bits per heavy atom. The molecule has 3 aliphatic rings. The number of ether oxygens (including phenoxy) is 6. The summed E-state index contributed by atoms with van der Waals surface area (Å²) in [6.45, 7) is 15.7. The fraction of sp³-hybridized carbons (Fsp3) is 0.594. The second-order valence-electron chi connectivity index (χ2n) is 21.0. The molecule has 0 radical (unpaired) electrons. The molecule has 1 aliphatic carbocycles. The Morgan fingerprint density at radius 3 is 1.43 bits per heavy atom. The Hall–Kier alpha value is -5.78. The fourth-order valence-electron chi connectivity index (χ4n) is 11.7. The number of piperazine rings is 2. The summed E-state index contributed by atoms with van der Waals surface area (Å²) in [5.41, 5.74) is 4.96. The zero-order chi connectivity index (χ0) is 53.5. The molecule has 4 aromatic carbocycles. The van der Waals surface area contributed by atoms with Crippen molar-refractivity contribution >= 4 is 23.2 Å². The Kier molecular flexibility index (Phi) is 23.5. The van der Waals surface area contributed by atoms with Crippen molar-refractivity contribution in [3.8, 4) is 34.5 Å². The molecule has 12 heteroatoms. The van der Waals surface area contributed by atoms with Crippen LogP contribution >= 0.6 is 0 Å². The first-order chi connectivity index (χ1) is 37.3. The normalized spacial score (nSPS) is 17.4. The highest BCUT2D eigenvalue weighted by Gasteiger charge is 2.49. The molecule has 2 heterocycles. The number of nitrogens with zero attached hydrogens (tertiary/aromatic N) is 4.